The fourth-order valence-corrected chi connectivity index (χ4v) is 0.938. The fourth-order valence-electron chi connectivity index (χ4n) is 0.938. The first-order valence-electron chi connectivity index (χ1n) is 4.33. The first-order valence-corrected chi connectivity index (χ1v) is 4.33. The molecule has 1 aromatic rings. The van der Waals surface area contributed by atoms with Crippen LogP contribution in [0.4, 0.5) is 0 Å². The molecular formula is C9H12N4O2. The molecule has 1 unspecified atom stereocenters. The van der Waals surface area contributed by atoms with E-state index in [4.69, 9.17) is 10.9 Å². The SMILES string of the molecule is CC(NC(=O)c1cccnc1)/C(N)=N/O. The van der Waals surface area contributed by atoms with Crippen molar-refractivity contribution in [2.45, 2.75) is 13.0 Å². The second kappa shape index (κ2) is 4.94. The summed E-state index contributed by atoms with van der Waals surface area (Å²) in [6, 6.07) is 2.76. The topological polar surface area (TPSA) is 101 Å². The molecule has 1 amide bonds. The number of hydrogen-bond acceptors (Lipinski definition) is 4. The van der Waals surface area contributed by atoms with E-state index in [0.29, 0.717) is 5.56 Å². The van der Waals surface area contributed by atoms with Crippen LogP contribution in [0.25, 0.3) is 0 Å². The molecule has 1 atom stereocenters. The zero-order valence-corrected chi connectivity index (χ0v) is 8.21. The van der Waals surface area contributed by atoms with E-state index >= 15 is 0 Å². The van der Waals surface area contributed by atoms with Gasteiger partial charge in [0.15, 0.2) is 5.84 Å². The first kappa shape index (κ1) is 11.0. The van der Waals surface area contributed by atoms with Crippen LogP contribution in [0.15, 0.2) is 29.7 Å². The monoisotopic (exact) mass is 208 g/mol. The second-order valence-electron chi connectivity index (χ2n) is 2.96. The number of nitrogens with one attached hydrogen (secondary N) is 1. The van der Waals surface area contributed by atoms with Gasteiger partial charge in [-0.3, -0.25) is 9.78 Å². The number of rotatable bonds is 3. The Morgan fingerprint density at radius 1 is 1.73 bits per heavy atom. The minimum absolute atomic E-state index is 0.0489. The summed E-state index contributed by atoms with van der Waals surface area (Å²) in [6.07, 6.45) is 3.01. The van der Waals surface area contributed by atoms with E-state index in [-0.39, 0.29) is 11.7 Å². The Morgan fingerprint density at radius 3 is 3.00 bits per heavy atom. The largest absolute Gasteiger partial charge is 0.409 e. The molecule has 0 aliphatic rings. The highest BCUT2D eigenvalue weighted by molar-refractivity contribution is 5.97. The lowest BCUT2D eigenvalue weighted by molar-refractivity contribution is 0.0948. The molecule has 6 heteroatoms. The fraction of sp³-hybridized carbons (Fsp3) is 0.222. The maximum Gasteiger partial charge on any atom is 0.253 e. The Hall–Kier alpha value is -2.11. The molecule has 1 heterocycles. The molecule has 4 N–H and O–H groups in total. The molecule has 0 bridgehead atoms. The molecule has 80 valence electrons. The highest BCUT2D eigenvalue weighted by Crippen LogP contribution is 1.96. The van der Waals surface area contributed by atoms with Gasteiger partial charge in [0.2, 0.25) is 0 Å². The summed E-state index contributed by atoms with van der Waals surface area (Å²) in [5, 5.41) is 13.7. The van der Waals surface area contributed by atoms with E-state index in [0.717, 1.165) is 0 Å². The Labute approximate surface area is 86.8 Å². The predicted octanol–water partition coefficient (Wildman–Crippen LogP) is -0.0537. The third-order valence-electron chi connectivity index (χ3n) is 1.83. The number of aromatic nitrogens is 1. The summed E-state index contributed by atoms with van der Waals surface area (Å²) in [6.45, 7) is 1.61. The Morgan fingerprint density at radius 2 is 2.47 bits per heavy atom. The van der Waals surface area contributed by atoms with Gasteiger partial charge >= 0.3 is 0 Å². The van der Waals surface area contributed by atoms with Crippen molar-refractivity contribution >= 4 is 11.7 Å². The smallest absolute Gasteiger partial charge is 0.253 e. The Bertz CT molecular complexity index is 364. The van der Waals surface area contributed by atoms with E-state index < -0.39 is 6.04 Å². The summed E-state index contributed by atoms with van der Waals surface area (Å²) >= 11 is 0. The third kappa shape index (κ3) is 2.94. The number of oxime groups is 1. The number of hydrogen-bond donors (Lipinski definition) is 3. The summed E-state index contributed by atoms with van der Waals surface area (Å²) in [5.41, 5.74) is 5.74. The van der Waals surface area contributed by atoms with Crippen LogP contribution in [0.5, 0.6) is 0 Å². The van der Waals surface area contributed by atoms with Crippen molar-refractivity contribution in [2.75, 3.05) is 0 Å². The van der Waals surface area contributed by atoms with Gasteiger partial charge in [-0.05, 0) is 19.1 Å². The van der Waals surface area contributed by atoms with E-state index in [2.05, 4.69) is 15.5 Å². The predicted molar refractivity (Wildman–Crippen MR) is 54.6 cm³/mol. The summed E-state index contributed by atoms with van der Waals surface area (Å²) < 4.78 is 0. The quantitative estimate of drug-likeness (QED) is 0.280. The molecule has 0 spiro atoms. The van der Waals surface area contributed by atoms with Crippen LogP contribution in [0.2, 0.25) is 0 Å². The molecule has 0 saturated heterocycles. The third-order valence-corrected chi connectivity index (χ3v) is 1.83. The number of carbonyl (C=O) groups is 1. The Balaban J connectivity index is 2.65. The number of nitrogens with two attached hydrogens (primary N) is 1. The summed E-state index contributed by atoms with van der Waals surface area (Å²) in [4.78, 5) is 15.3. The molecule has 1 rings (SSSR count). The molecule has 0 radical (unpaired) electrons. The molecule has 0 aliphatic heterocycles. The van der Waals surface area contributed by atoms with Gasteiger partial charge in [-0.15, -0.1) is 0 Å². The molecule has 6 nitrogen and oxygen atoms in total. The number of carbonyl (C=O) groups excluding carboxylic acids is 1. The highest BCUT2D eigenvalue weighted by Gasteiger charge is 2.12. The Kier molecular flexibility index (Phi) is 3.61. The van der Waals surface area contributed by atoms with Crippen LogP contribution < -0.4 is 11.1 Å². The normalized spacial score (nSPS) is 13.3. The second-order valence-corrected chi connectivity index (χ2v) is 2.96. The van der Waals surface area contributed by atoms with Crippen LogP contribution in [0.1, 0.15) is 17.3 Å². The van der Waals surface area contributed by atoms with Gasteiger partial charge in [0.25, 0.3) is 5.91 Å². The van der Waals surface area contributed by atoms with E-state index in [1.165, 1.54) is 6.20 Å². The minimum atomic E-state index is -0.525. The molecule has 1 aromatic heterocycles. The van der Waals surface area contributed by atoms with Gasteiger partial charge in [-0.2, -0.15) is 0 Å². The van der Waals surface area contributed by atoms with Crippen molar-refractivity contribution in [3.63, 3.8) is 0 Å². The van der Waals surface area contributed by atoms with Crippen molar-refractivity contribution in [3.05, 3.63) is 30.1 Å². The first-order chi connectivity index (χ1) is 7.15. The zero-order valence-electron chi connectivity index (χ0n) is 8.21. The number of amidine groups is 1. The van der Waals surface area contributed by atoms with Crippen molar-refractivity contribution in [3.8, 4) is 0 Å². The number of pyridine rings is 1. The van der Waals surface area contributed by atoms with Crippen LogP contribution in [-0.2, 0) is 0 Å². The zero-order chi connectivity index (χ0) is 11.3. The maximum absolute atomic E-state index is 11.5. The van der Waals surface area contributed by atoms with Crippen molar-refractivity contribution in [1.29, 1.82) is 0 Å². The molecule has 0 saturated carbocycles. The van der Waals surface area contributed by atoms with E-state index in [9.17, 15) is 4.79 Å². The van der Waals surface area contributed by atoms with Gasteiger partial charge in [-0.1, -0.05) is 5.16 Å². The highest BCUT2D eigenvalue weighted by atomic mass is 16.4. The molecule has 0 aromatic carbocycles. The van der Waals surface area contributed by atoms with Crippen molar-refractivity contribution in [1.82, 2.24) is 10.3 Å². The van der Waals surface area contributed by atoms with Crippen LogP contribution in [0, 0.1) is 0 Å². The lowest BCUT2D eigenvalue weighted by atomic mass is 10.2. The van der Waals surface area contributed by atoms with Crippen LogP contribution in [0.3, 0.4) is 0 Å². The van der Waals surface area contributed by atoms with Gasteiger partial charge in [0.05, 0.1) is 11.6 Å². The molecule has 15 heavy (non-hydrogen) atoms. The average molecular weight is 208 g/mol. The lowest BCUT2D eigenvalue weighted by Gasteiger charge is -2.11. The number of amides is 1. The van der Waals surface area contributed by atoms with Crippen molar-refractivity contribution < 1.29 is 10.0 Å². The maximum atomic E-state index is 11.5. The average Bonchev–Trinajstić information content (AvgIpc) is 2.29. The van der Waals surface area contributed by atoms with E-state index in [1.54, 1.807) is 25.3 Å². The van der Waals surface area contributed by atoms with Gasteiger partial charge in [-0.25, -0.2) is 0 Å². The van der Waals surface area contributed by atoms with Gasteiger partial charge in [0.1, 0.15) is 0 Å². The van der Waals surface area contributed by atoms with E-state index in [1.807, 2.05) is 0 Å². The summed E-state index contributed by atoms with van der Waals surface area (Å²) in [7, 11) is 0. The summed E-state index contributed by atoms with van der Waals surface area (Å²) in [5.74, 6) is -0.366. The molecular weight excluding hydrogens is 196 g/mol. The van der Waals surface area contributed by atoms with Gasteiger partial charge in [0, 0.05) is 12.4 Å². The lowest BCUT2D eigenvalue weighted by Crippen LogP contribution is -2.42. The molecule has 0 aliphatic carbocycles. The number of nitrogens with zero attached hydrogens (tertiary/aromatic N) is 2. The van der Waals surface area contributed by atoms with Crippen LogP contribution in [-0.4, -0.2) is 28.0 Å². The standard InChI is InChI=1S/C9H12N4O2/c1-6(8(10)13-15)12-9(14)7-3-2-4-11-5-7/h2-6,15H,1H3,(H2,10,13)(H,12,14). The van der Waals surface area contributed by atoms with Crippen molar-refractivity contribution in [2.24, 2.45) is 10.9 Å². The van der Waals surface area contributed by atoms with Gasteiger partial charge < -0.3 is 16.3 Å². The minimum Gasteiger partial charge on any atom is -0.409 e. The molecule has 0 fully saturated rings. The van der Waals surface area contributed by atoms with Crippen LogP contribution >= 0.6 is 0 Å².